The van der Waals surface area contributed by atoms with E-state index in [1.165, 1.54) is 10.9 Å². The van der Waals surface area contributed by atoms with Crippen molar-refractivity contribution >= 4 is 11.9 Å². The summed E-state index contributed by atoms with van der Waals surface area (Å²) in [7, 11) is 0. The monoisotopic (exact) mass is 267 g/mol. The second kappa shape index (κ2) is 5.35. The first kappa shape index (κ1) is 13.5. The van der Waals surface area contributed by atoms with Gasteiger partial charge in [0.25, 0.3) is 0 Å². The molecule has 19 heavy (non-hydrogen) atoms. The molecule has 0 aliphatic carbocycles. The number of likely N-dealkylation sites (tertiary alicyclic amines) is 1. The van der Waals surface area contributed by atoms with Crippen LogP contribution < -0.4 is 5.73 Å². The van der Waals surface area contributed by atoms with Gasteiger partial charge >= 0.3 is 5.97 Å². The summed E-state index contributed by atoms with van der Waals surface area (Å²) in [6.45, 7) is 3.34. The van der Waals surface area contributed by atoms with Gasteiger partial charge < -0.3 is 15.7 Å². The fourth-order valence-corrected chi connectivity index (χ4v) is 2.06. The molecular formula is C11H17N5O3. The summed E-state index contributed by atoms with van der Waals surface area (Å²) in [6.07, 6.45) is 2.11. The van der Waals surface area contributed by atoms with Crippen LogP contribution >= 0.6 is 0 Å². The van der Waals surface area contributed by atoms with Crippen LogP contribution in [0.2, 0.25) is 0 Å². The normalized spacial score (nSPS) is 17.1. The molecule has 104 valence electrons. The third-order valence-corrected chi connectivity index (χ3v) is 3.40. The second-order valence-corrected chi connectivity index (χ2v) is 4.63. The summed E-state index contributed by atoms with van der Waals surface area (Å²) in [4.78, 5) is 24.4. The maximum Gasteiger partial charge on any atom is 0.358 e. The summed E-state index contributed by atoms with van der Waals surface area (Å²) in [5.74, 6) is -1.18. The molecule has 3 N–H and O–H groups in total. The van der Waals surface area contributed by atoms with Crippen LogP contribution in [-0.4, -0.2) is 56.5 Å². The zero-order valence-electron chi connectivity index (χ0n) is 10.7. The fourth-order valence-electron chi connectivity index (χ4n) is 2.06. The van der Waals surface area contributed by atoms with Crippen LogP contribution in [-0.2, 0) is 4.79 Å². The third kappa shape index (κ3) is 2.58. The minimum absolute atomic E-state index is 0.000157. The largest absolute Gasteiger partial charge is 0.476 e. The van der Waals surface area contributed by atoms with E-state index in [4.69, 9.17) is 10.8 Å². The molecule has 0 spiro atoms. The number of carboxylic acid groups (broad SMARTS) is 1. The van der Waals surface area contributed by atoms with E-state index < -0.39 is 5.97 Å². The number of amides is 1. The lowest BCUT2D eigenvalue weighted by atomic mass is 10.0. The van der Waals surface area contributed by atoms with E-state index in [9.17, 15) is 9.59 Å². The number of rotatable bonds is 5. The minimum atomic E-state index is -1.10. The van der Waals surface area contributed by atoms with Gasteiger partial charge in [-0.1, -0.05) is 12.1 Å². The molecule has 0 saturated carbocycles. The fraction of sp³-hybridized carbons (Fsp3) is 0.636. The van der Waals surface area contributed by atoms with Gasteiger partial charge in [0.2, 0.25) is 5.91 Å². The van der Waals surface area contributed by atoms with Gasteiger partial charge in [0.05, 0.1) is 18.2 Å². The third-order valence-electron chi connectivity index (χ3n) is 3.40. The van der Waals surface area contributed by atoms with Crippen molar-refractivity contribution in [1.29, 1.82) is 0 Å². The Bertz CT molecular complexity index is 476. The van der Waals surface area contributed by atoms with E-state index in [-0.39, 0.29) is 23.6 Å². The molecule has 1 saturated heterocycles. The number of carboxylic acids is 1. The quantitative estimate of drug-likeness (QED) is 0.732. The van der Waals surface area contributed by atoms with Crippen molar-refractivity contribution in [2.24, 2.45) is 11.7 Å². The van der Waals surface area contributed by atoms with Crippen molar-refractivity contribution in [1.82, 2.24) is 19.9 Å². The number of nitrogens with two attached hydrogens (primary N) is 1. The maximum absolute atomic E-state index is 12.0. The first-order valence-electron chi connectivity index (χ1n) is 6.20. The molecule has 0 aromatic carbocycles. The highest BCUT2D eigenvalue weighted by Gasteiger charge is 2.35. The van der Waals surface area contributed by atoms with Gasteiger partial charge in [-0.3, -0.25) is 4.79 Å². The molecule has 0 bridgehead atoms. The Morgan fingerprint density at radius 3 is 2.74 bits per heavy atom. The number of hydrogen-bond acceptors (Lipinski definition) is 5. The number of aromatic carboxylic acids is 1. The first-order chi connectivity index (χ1) is 9.06. The van der Waals surface area contributed by atoms with Crippen molar-refractivity contribution in [2.75, 3.05) is 19.6 Å². The summed E-state index contributed by atoms with van der Waals surface area (Å²) < 4.78 is 1.50. The standard InChI is InChI=1S/C11H17N5O3/c1-2-7(3-12)10(17)15-4-8(5-15)16-6-9(11(18)19)13-14-16/h6-8H,2-5,12H2,1H3,(H,18,19). The molecule has 8 heteroatoms. The first-order valence-corrected chi connectivity index (χ1v) is 6.20. The highest BCUT2D eigenvalue weighted by atomic mass is 16.4. The molecule has 1 aliphatic rings. The smallest absolute Gasteiger partial charge is 0.358 e. The van der Waals surface area contributed by atoms with Gasteiger partial charge in [-0.25, -0.2) is 9.48 Å². The van der Waals surface area contributed by atoms with E-state index in [2.05, 4.69) is 10.3 Å². The Morgan fingerprint density at radius 1 is 1.58 bits per heavy atom. The summed E-state index contributed by atoms with van der Waals surface area (Å²) in [5.41, 5.74) is 5.46. The van der Waals surface area contributed by atoms with Crippen LogP contribution in [0.15, 0.2) is 6.20 Å². The highest BCUT2D eigenvalue weighted by molar-refractivity contribution is 5.84. The highest BCUT2D eigenvalue weighted by Crippen LogP contribution is 2.22. The van der Waals surface area contributed by atoms with Gasteiger partial charge in [0.1, 0.15) is 0 Å². The lowest BCUT2D eigenvalue weighted by Gasteiger charge is -2.40. The Morgan fingerprint density at radius 2 is 2.26 bits per heavy atom. The van der Waals surface area contributed by atoms with Crippen LogP contribution in [0.3, 0.4) is 0 Å². The Labute approximate surface area is 110 Å². The maximum atomic E-state index is 12.0. The SMILES string of the molecule is CCC(CN)C(=O)N1CC(n2cc(C(=O)O)nn2)C1. The lowest BCUT2D eigenvalue weighted by molar-refractivity contribution is -0.141. The van der Waals surface area contributed by atoms with Gasteiger partial charge in [-0.2, -0.15) is 0 Å². The Balaban J connectivity index is 1.92. The molecule has 2 rings (SSSR count). The lowest BCUT2D eigenvalue weighted by Crippen LogP contribution is -2.53. The zero-order valence-corrected chi connectivity index (χ0v) is 10.7. The summed E-state index contributed by atoms with van der Waals surface area (Å²) in [6, 6.07) is -0.000157. The predicted octanol–water partition coefficient (Wildman–Crippen LogP) is -0.655. The summed E-state index contributed by atoms with van der Waals surface area (Å²) >= 11 is 0. The van der Waals surface area contributed by atoms with E-state index in [0.717, 1.165) is 6.42 Å². The second-order valence-electron chi connectivity index (χ2n) is 4.63. The van der Waals surface area contributed by atoms with Crippen LogP contribution in [0.1, 0.15) is 29.9 Å². The van der Waals surface area contributed by atoms with E-state index in [0.29, 0.717) is 19.6 Å². The Kier molecular flexibility index (Phi) is 3.79. The zero-order chi connectivity index (χ0) is 14.0. The average molecular weight is 267 g/mol. The predicted molar refractivity (Wildman–Crippen MR) is 65.4 cm³/mol. The van der Waals surface area contributed by atoms with E-state index in [1.807, 2.05) is 6.92 Å². The van der Waals surface area contributed by atoms with E-state index in [1.54, 1.807) is 4.90 Å². The Hall–Kier alpha value is -1.96. The van der Waals surface area contributed by atoms with Crippen molar-refractivity contribution < 1.29 is 14.7 Å². The molecule has 8 nitrogen and oxygen atoms in total. The minimum Gasteiger partial charge on any atom is -0.476 e. The molecule has 1 amide bonds. The molecule has 1 atom stereocenters. The van der Waals surface area contributed by atoms with E-state index >= 15 is 0 Å². The number of carbonyl (C=O) groups excluding carboxylic acids is 1. The van der Waals surface area contributed by atoms with Crippen molar-refractivity contribution in [3.05, 3.63) is 11.9 Å². The van der Waals surface area contributed by atoms with Crippen LogP contribution in [0, 0.1) is 5.92 Å². The average Bonchev–Trinajstić information content (AvgIpc) is 2.78. The van der Waals surface area contributed by atoms with Gasteiger partial charge in [0, 0.05) is 19.6 Å². The molecule has 1 aromatic rings. The summed E-state index contributed by atoms with van der Waals surface area (Å²) in [5, 5.41) is 16.1. The van der Waals surface area contributed by atoms with Crippen LogP contribution in [0.4, 0.5) is 0 Å². The number of hydrogen-bond donors (Lipinski definition) is 2. The topological polar surface area (TPSA) is 114 Å². The van der Waals surface area contributed by atoms with Crippen molar-refractivity contribution in [3.63, 3.8) is 0 Å². The van der Waals surface area contributed by atoms with Crippen molar-refractivity contribution in [3.8, 4) is 0 Å². The molecule has 1 fully saturated rings. The molecule has 0 radical (unpaired) electrons. The number of aromatic nitrogens is 3. The van der Waals surface area contributed by atoms with Crippen LogP contribution in [0.5, 0.6) is 0 Å². The molecule has 1 aliphatic heterocycles. The molecular weight excluding hydrogens is 250 g/mol. The number of carbonyl (C=O) groups is 2. The van der Waals surface area contributed by atoms with Gasteiger partial charge in [0.15, 0.2) is 5.69 Å². The van der Waals surface area contributed by atoms with Crippen molar-refractivity contribution in [2.45, 2.75) is 19.4 Å². The van der Waals surface area contributed by atoms with Gasteiger partial charge in [-0.05, 0) is 6.42 Å². The number of nitrogens with zero attached hydrogens (tertiary/aromatic N) is 4. The molecule has 1 unspecified atom stereocenters. The van der Waals surface area contributed by atoms with Gasteiger partial charge in [-0.15, -0.1) is 5.10 Å². The van der Waals surface area contributed by atoms with Crippen LogP contribution in [0.25, 0.3) is 0 Å². The molecule has 2 heterocycles. The molecule has 1 aromatic heterocycles.